The van der Waals surface area contributed by atoms with Crippen LogP contribution in [0.25, 0.3) is 16.6 Å². The van der Waals surface area contributed by atoms with Crippen LogP contribution in [0.3, 0.4) is 0 Å². The Labute approximate surface area is 252 Å². The van der Waals surface area contributed by atoms with E-state index in [0.29, 0.717) is 17.1 Å². The van der Waals surface area contributed by atoms with Gasteiger partial charge in [0.1, 0.15) is 5.69 Å². The molecule has 1 heterocycles. The van der Waals surface area contributed by atoms with E-state index >= 15 is 0 Å². The topological polar surface area (TPSA) is 75.6 Å². The van der Waals surface area contributed by atoms with Gasteiger partial charge in [-0.05, 0) is 68.3 Å². The van der Waals surface area contributed by atoms with Crippen LogP contribution in [0.15, 0.2) is 66.7 Å². The number of amides is 2. The summed E-state index contributed by atoms with van der Waals surface area (Å²) in [5.41, 5.74) is 1.77. The number of esters is 1. The number of hydrogen-bond donors (Lipinski definition) is 2. The van der Waals surface area contributed by atoms with Crippen molar-refractivity contribution in [1.82, 2.24) is 4.57 Å². The van der Waals surface area contributed by atoms with Crippen molar-refractivity contribution in [2.75, 3.05) is 29.2 Å². The van der Waals surface area contributed by atoms with E-state index in [4.69, 9.17) is 16.3 Å². The Balaban J connectivity index is 1.55. The lowest BCUT2D eigenvalue weighted by atomic mass is 9.94. The molecule has 0 bridgehead atoms. The molecule has 3 aromatic carbocycles. The van der Waals surface area contributed by atoms with Crippen molar-refractivity contribution in [3.8, 4) is 5.69 Å². The first kappa shape index (κ1) is 30.3. The fourth-order valence-electron chi connectivity index (χ4n) is 5.63. The number of ether oxygens (including phenoxy) is 1. The van der Waals surface area contributed by atoms with Gasteiger partial charge in [0.15, 0.2) is 0 Å². The van der Waals surface area contributed by atoms with Gasteiger partial charge in [-0.1, -0.05) is 49.1 Å². The minimum atomic E-state index is -4.67. The summed E-state index contributed by atoms with van der Waals surface area (Å²) in [4.78, 5) is 28.3. The minimum Gasteiger partial charge on any atom is -0.461 e. The Kier molecular flexibility index (Phi) is 8.87. The lowest BCUT2D eigenvalue weighted by Crippen LogP contribution is -2.34. The smallest absolute Gasteiger partial charge is 0.417 e. The molecule has 0 saturated heterocycles. The number of aromatic nitrogens is 1. The number of benzene rings is 3. The largest absolute Gasteiger partial charge is 0.461 e. The Hall–Kier alpha value is -4.18. The van der Waals surface area contributed by atoms with Crippen LogP contribution in [0.1, 0.15) is 55.1 Å². The number of urea groups is 1. The molecule has 7 nitrogen and oxygen atoms in total. The van der Waals surface area contributed by atoms with Crippen LogP contribution < -0.4 is 15.5 Å². The summed E-state index contributed by atoms with van der Waals surface area (Å²) < 4.78 is 47.3. The van der Waals surface area contributed by atoms with E-state index in [9.17, 15) is 22.8 Å². The number of alkyl halides is 3. The average Bonchev–Trinajstić information content (AvgIpc) is 3.38. The lowest BCUT2D eigenvalue weighted by molar-refractivity contribution is -0.137. The van der Waals surface area contributed by atoms with Crippen LogP contribution in [0.5, 0.6) is 0 Å². The van der Waals surface area contributed by atoms with Crippen molar-refractivity contribution in [2.45, 2.75) is 51.2 Å². The minimum absolute atomic E-state index is 0.0615. The summed E-state index contributed by atoms with van der Waals surface area (Å²) in [6, 6.07) is 17.5. The normalized spacial score (nSPS) is 14.0. The molecule has 0 spiro atoms. The van der Waals surface area contributed by atoms with Gasteiger partial charge < -0.3 is 24.8 Å². The zero-order valence-electron chi connectivity index (χ0n) is 23.8. The monoisotopic (exact) mass is 612 g/mol. The molecule has 1 aliphatic rings. The number of hydrogen-bond acceptors (Lipinski definition) is 4. The maximum Gasteiger partial charge on any atom is 0.417 e. The first-order valence-corrected chi connectivity index (χ1v) is 14.5. The molecule has 1 aliphatic carbocycles. The number of para-hydroxylation sites is 1. The number of halogens is 4. The third-order valence-electron chi connectivity index (χ3n) is 7.71. The van der Waals surface area contributed by atoms with Crippen LogP contribution in [0, 0.1) is 0 Å². The first-order valence-electron chi connectivity index (χ1n) is 14.2. The van der Waals surface area contributed by atoms with Gasteiger partial charge in [0.25, 0.3) is 0 Å². The second kappa shape index (κ2) is 12.6. The molecule has 226 valence electrons. The lowest BCUT2D eigenvalue weighted by Gasteiger charge is -2.34. The highest BCUT2D eigenvalue weighted by atomic mass is 35.5. The molecule has 0 atom stereocenters. The highest BCUT2D eigenvalue weighted by molar-refractivity contribution is 6.31. The Morgan fingerprint density at radius 3 is 2.47 bits per heavy atom. The van der Waals surface area contributed by atoms with E-state index in [1.807, 2.05) is 43.4 Å². The molecule has 4 aromatic rings. The average molecular weight is 613 g/mol. The van der Waals surface area contributed by atoms with Gasteiger partial charge in [-0.3, -0.25) is 0 Å². The Bertz CT molecular complexity index is 1650. The SMILES string of the molecule is CCOC(=O)c1cc2ccccc2n1-c1ccc(N(C)C2CCCCC2)c(NC(=O)Nc2ccc(Cl)c(C(F)(F)F)c2)c1. The van der Waals surface area contributed by atoms with Gasteiger partial charge in [0.05, 0.1) is 34.1 Å². The summed E-state index contributed by atoms with van der Waals surface area (Å²) >= 11 is 5.75. The van der Waals surface area contributed by atoms with Gasteiger partial charge in [0, 0.05) is 29.9 Å². The summed E-state index contributed by atoms with van der Waals surface area (Å²) in [7, 11) is 1.97. The molecule has 2 amide bonds. The van der Waals surface area contributed by atoms with Crippen molar-refractivity contribution in [3.05, 3.63) is 83.0 Å². The van der Waals surface area contributed by atoms with Crippen molar-refractivity contribution < 1.29 is 27.5 Å². The molecule has 1 fully saturated rings. The summed E-state index contributed by atoms with van der Waals surface area (Å²) in [6.07, 6.45) is 0.717. The third kappa shape index (κ3) is 6.59. The maximum atomic E-state index is 13.4. The summed E-state index contributed by atoms with van der Waals surface area (Å²) in [6.45, 7) is 1.94. The van der Waals surface area contributed by atoms with E-state index in [1.165, 1.54) is 12.5 Å². The van der Waals surface area contributed by atoms with Crippen LogP contribution in [-0.2, 0) is 10.9 Å². The molecule has 0 unspecified atom stereocenters. The van der Waals surface area contributed by atoms with Gasteiger partial charge in [-0.25, -0.2) is 9.59 Å². The third-order valence-corrected chi connectivity index (χ3v) is 8.04. The van der Waals surface area contributed by atoms with Crippen molar-refractivity contribution in [1.29, 1.82) is 0 Å². The van der Waals surface area contributed by atoms with Crippen molar-refractivity contribution in [2.24, 2.45) is 0 Å². The predicted molar refractivity (Wildman–Crippen MR) is 164 cm³/mol. The van der Waals surface area contributed by atoms with E-state index in [-0.39, 0.29) is 18.3 Å². The molecular weight excluding hydrogens is 581 g/mol. The predicted octanol–water partition coefficient (Wildman–Crippen LogP) is 8.89. The van der Waals surface area contributed by atoms with Crippen LogP contribution in [0.2, 0.25) is 5.02 Å². The molecule has 0 radical (unpaired) electrons. The van der Waals surface area contributed by atoms with E-state index in [1.54, 1.807) is 23.6 Å². The summed E-state index contributed by atoms with van der Waals surface area (Å²) in [5.74, 6) is -0.488. The molecule has 43 heavy (non-hydrogen) atoms. The quantitative estimate of drug-likeness (QED) is 0.204. The van der Waals surface area contributed by atoms with E-state index < -0.39 is 28.8 Å². The second-order valence-corrected chi connectivity index (χ2v) is 10.9. The fourth-order valence-corrected chi connectivity index (χ4v) is 5.85. The van der Waals surface area contributed by atoms with Gasteiger partial charge in [0.2, 0.25) is 0 Å². The highest BCUT2D eigenvalue weighted by Crippen LogP contribution is 2.37. The molecule has 2 N–H and O–H groups in total. The number of carbonyl (C=O) groups is 2. The van der Waals surface area contributed by atoms with Crippen LogP contribution in [-0.4, -0.2) is 36.3 Å². The molecule has 0 aliphatic heterocycles. The standard InChI is InChI=1S/C32H32ClF3N4O3/c1-3-43-30(41)29-17-20-9-7-8-12-27(20)40(29)23-14-16-28(39(2)22-10-5-4-6-11-22)26(19-23)38-31(42)37-21-13-15-25(33)24(18-21)32(34,35)36/h7-9,12-19,22H,3-6,10-11H2,1-2H3,(H2,37,38,42). The number of nitrogens with one attached hydrogen (secondary N) is 2. The first-order chi connectivity index (χ1) is 20.6. The zero-order chi connectivity index (χ0) is 30.7. The zero-order valence-corrected chi connectivity index (χ0v) is 24.6. The van der Waals surface area contributed by atoms with Gasteiger partial charge in [-0.15, -0.1) is 0 Å². The second-order valence-electron chi connectivity index (χ2n) is 10.5. The number of fused-ring (bicyclic) bond motifs is 1. The maximum absolute atomic E-state index is 13.4. The molecule has 11 heteroatoms. The van der Waals surface area contributed by atoms with Gasteiger partial charge >= 0.3 is 18.2 Å². The number of nitrogens with zero attached hydrogens (tertiary/aromatic N) is 2. The number of rotatable bonds is 7. The Morgan fingerprint density at radius 1 is 1.00 bits per heavy atom. The fraction of sp³-hybridized carbons (Fsp3) is 0.312. The Morgan fingerprint density at radius 2 is 1.74 bits per heavy atom. The van der Waals surface area contributed by atoms with Crippen molar-refractivity contribution >= 4 is 51.6 Å². The molecule has 1 saturated carbocycles. The van der Waals surface area contributed by atoms with Gasteiger partial charge in [-0.2, -0.15) is 13.2 Å². The summed E-state index contributed by atoms with van der Waals surface area (Å²) in [5, 5.41) is 5.72. The van der Waals surface area contributed by atoms with Crippen molar-refractivity contribution in [3.63, 3.8) is 0 Å². The van der Waals surface area contributed by atoms with E-state index in [2.05, 4.69) is 15.5 Å². The number of anilines is 3. The van der Waals surface area contributed by atoms with Crippen LogP contribution in [0.4, 0.5) is 35.0 Å². The van der Waals surface area contributed by atoms with E-state index in [0.717, 1.165) is 54.4 Å². The highest BCUT2D eigenvalue weighted by Gasteiger charge is 2.33. The van der Waals surface area contributed by atoms with Crippen LogP contribution >= 0.6 is 11.6 Å². The molecular formula is C32H32ClF3N4O3. The molecule has 5 rings (SSSR count). The number of carbonyl (C=O) groups excluding carboxylic acids is 2. The molecule has 1 aromatic heterocycles.